The average molecular weight is 432 g/mol. The molecule has 1 N–H and O–H groups in total. The minimum absolute atomic E-state index is 0.157. The van der Waals surface area contributed by atoms with E-state index in [1.54, 1.807) is 12.4 Å². The Morgan fingerprint density at radius 2 is 1.68 bits per heavy atom. The van der Waals surface area contributed by atoms with Crippen molar-refractivity contribution in [3.63, 3.8) is 0 Å². The number of nitrogens with zero attached hydrogens (tertiary/aromatic N) is 2. The van der Waals surface area contributed by atoms with E-state index in [9.17, 15) is 4.79 Å². The number of halogens is 1. The topological polar surface area (TPSA) is 54.9 Å². The first kappa shape index (κ1) is 18.3. The molecule has 4 nitrogen and oxygen atoms in total. The molecule has 2 heterocycles. The van der Waals surface area contributed by atoms with Crippen molar-refractivity contribution in [2.45, 2.75) is 13.8 Å². The number of carbonyl (C=O) groups excluding carboxylic acids is 1. The SMILES string of the molecule is Cc1cc(C)c2nc(-c3ccncc3)cc(C(=O)Nc3ccc(Br)cc3)c2c1. The maximum atomic E-state index is 13.2. The number of amides is 1. The Hall–Kier alpha value is -3.05. The smallest absolute Gasteiger partial charge is 0.256 e. The van der Waals surface area contributed by atoms with E-state index in [0.29, 0.717) is 5.56 Å². The van der Waals surface area contributed by atoms with Gasteiger partial charge in [-0.1, -0.05) is 27.6 Å². The van der Waals surface area contributed by atoms with Crippen molar-refractivity contribution in [2.24, 2.45) is 0 Å². The van der Waals surface area contributed by atoms with Gasteiger partial charge in [0, 0.05) is 33.5 Å². The first-order chi connectivity index (χ1) is 13.5. The zero-order valence-corrected chi connectivity index (χ0v) is 17.1. The van der Waals surface area contributed by atoms with Crippen molar-refractivity contribution in [1.82, 2.24) is 9.97 Å². The third-order valence-electron chi connectivity index (χ3n) is 4.57. The van der Waals surface area contributed by atoms with E-state index in [1.165, 1.54) is 0 Å². The summed E-state index contributed by atoms with van der Waals surface area (Å²) in [6.45, 7) is 4.05. The molecular weight excluding hydrogens is 414 g/mol. The summed E-state index contributed by atoms with van der Waals surface area (Å²) in [6.07, 6.45) is 3.45. The highest BCUT2D eigenvalue weighted by Gasteiger charge is 2.16. The largest absolute Gasteiger partial charge is 0.322 e. The number of carbonyl (C=O) groups is 1. The van der Waals surface area contributed by atoms with Gasteiger partial charge in [0.15, 0.2) is 0 Å². The standard InChI is InChI=1S/C23H18BrN3O/c1-14-11-15(2)22-19(12-14)20(13-21(27-22)16-7-9-25-10-8-16)23(28)26-18-5-3-17(24)4-6-18/h3-13H,1-2H3,(H,26,28). The maximum Gasteiger partial charge on any atom is 0.256 e. The van der Waals surface area contributed by atoms with Crippen LogP contribution in [-0.2, 0) is 0 Å². The Kier molecular flexibility index (Phi) is 4.92. The lowest BCUT2D eigenvalue weighted by Crippen LogP contribution is -2.13. The second kappa shape index (κ2) is 7.52. The predicted molar refractivity (Wildman–Crippen MR) is 117 cm³/mol. The van der Waals surface area contributed by atoms with E-state index in [2.05, 4.69) is 32.3 Å². The first-order valence-electron chi connectivity index (χ1n) is 8.90. The highest BCUT2D eigenvalue weighted by molar-refractivity contribution is 9.10. The summed E-state index contributed by atoms with van der Waals surface area (Å²) >= 11 is 3.41. The van der Waals surface area contributed by atoms with E-state index in [1.807, 2.05) is 62.4 Å². The fourth-order valence-corrected chi connectivity index (χ4v) is 3.54. The lowest BCUT2D eigenvalue weighted by atomic mass is 9.99. The van der Waals surface area contributed by atoms with Gasteiger partial charge in [-0.2, -0.15) is 0 Å². The number of hydrogen-bond donors (Lipinski definition) is 1. The van der Waals surface area contributed by atoms with E-state index in [-0.39, 0.29) is 5.91 Å². The minimum atomic E-state index is -0.157. The van der Waals surface area contributed by atoms with Gasteiger partial charge in [0.2, 0.25) is 0 Å². The van der Waals surface area contributed by atoms with Crippen LogP contribution in [0.5, 0.6) is 0 Å². The molecule has 0 unspecified atom stereocenters. The lowest BCUT2D eigenvalue weighted by Gasteiger charge is -2.13. The van der Waals surface area contributed by atoms with Gasteiger partial charge < -0.3 is 5.32 Å². The second-order valence-corrected chi connectivity index (χ2v) is 7.65. The Morgan fingerprint density at radius 3 is 2.39 bits per heavy atom. The van der Waals surface area contributed by atoms with Crippen molar-refractivity contribution in [3.05, 3.63) is 88.2 Å². The quantitative estimate of drug-likeness (QED) is 0.437. The Bertz CT molecular complexity index is 1170. The highest BCUT2D eigenvalue weighted by Crippen LogP contribution is 2.28. The number of fused-ring (bicyclic) bond motifs is 1. The van der Waals surface area contributed by atoms with Crippen LogP contribution in [0.1, 0.15) is 21.5 Å². The van der Waals surface area contributed by atoms with Gasteiger partial charge in [-0.05, 0) is 67.9 Å². The van der Waals surface area contributed by atoms with E-state index in [0.717, 1.165) is 43.4 Å². The summed E-state index contributed by atoms with van der Waals surface area (Å²) in [6, 6.07) is 17.3. The molecule has 0 aliphatic carbocycles. The van der Waals surface area contributed by atoms with Gasteiger partial charge in [0.05, 0.1) is 16.8 Å². The summed E-state index contributed by atoms with van der Waals surface area (Å²) in [5, 5.41) is 3.85. The number of pyridine rings is 2. The molecular formula is C23H18BrN3O. The molecule has 0 atom stereocenters. The third kappa shape index (κ3) is 3.66. The summed E-state index contributed by atoms with van der Waals surface area (Å²) in [5.41, 5.74) is 6.00. The molecule has 4 aromatic rings. The molecule has 0 saturated heterocycles. The van der Waals surface area contributed by atoms with Crippen LogP contribution >= 0.6 is 15.9 Å². The Morgan fingerprint density at radius 1 is 0.964 bits per heavy atom. The molecule has 0 aliphatic rings. The number of hydrogen-bond acceptors (Lipinski definition) is 3. The number of benzene rings is 2. The molecule has 0 saturated carbocycles. The van der Waals surface area contributed by atoms with Gasteiger partial charge >= 0.3 is 0 Å². The monoisotopic (exact) mass is 431 g/mol. The molecule has 1 amide bonds. The van der Waals surface area contributed by atoms with E-state index >= 15 is 0 Å². The maximum absolute atomic E-state index is 13.2. The van der Waals surface area contributed by atoms with Gasteiger partial charge in [0.1, 0.15) is 0 Å². The summed E-state index contributed by atoms with van der Waals surface area (Å²) in [5.74, 6) is -0.157. The van der Waals surface area contributed by atoms with Crippen LogP contribution in [0.4, 0.5) is 5.69 Å². The average Bonchev–Trinajstić information content (AvgIpc) is 2.69. The summed E-state index contributed by atoms with van der Waals surface area (Å²) < 4.78 is 0.964. The molecule has 2 aromatic heterocycles. The minimum Gasteiger partial charge on any atom is -0.322 e. The number of rotatable bonds is 3. The molecule has 2 aromatic carbocycles. The molecule has 0 bridgehead atoms. The van der Waals surface area contributed by atoms with Crippen LogP contribution in [0.2, 0.25) is 0 Å². The van der Waals surface area contributed by atoms with Crippen molar-refractivity contribution in [3.8, 4) is 11.3 Å². The van der Waals surface area contributed by atoms with Crippen molar-refractivity contribution < 1.29 is 4.79 Å². The van der Waals surface area contributed by atoms with Crippen LogP contribution in [0, 0.1) is 13.8 Å². The predicted octanol–water partition coefficient (Wildman–Crippen LogP) is 5.93. The molecule has 28 heavy (non-hydrogen) atoms. The fourth-order valence-electron chi connectivity index (χ4n) is 3.27. The van der Waals surface area contributed by atoms with Crippen LogP contribution < -0.4 is 5.32 Å². The summed E-state index contributed by atoms with van der Waals surface area (Å²) in [4.78, 5) is 22.1. The normalized spacial score (nSPS) is 10.8. The van der Waals surface area contributed by atoms with E-state index < -0.39 is 0 Å². The van der Waals surface area contributed by atoms with Gasteiger partial charge in [-0.25, -0.2) is 4.98 Å². The highest BCUT2D eigenvalue weighted by atomic mass is 79.9. The zero-order chi connectivity index (χ0) is 19.7. The molecule has 5 heteroatoms. The lowest BCUT2D eigenvalue weighted by molar-refractivity contribution is 0.102. The van der Waals surface area contributed by atoms with Gasteiger partial charge in [-0.3, -0.25) is 9.78 Å². The van der Waals surface area contributed by atoms with Crippen LogP contribution in [0.3, 0.4) is 0 Å². The van der Waals surface area contributed by atoms with E-state index in [4.69, 9.17) is 4.98 Å². The third-order valence-corrected chi connectivity index (χ3v) is 5.10. The molecule has 0 aliphatic heterocycles. The van der Waals surface area contributed by atoms with Crippen LogP contribution in [-0.4, -0.2) is 15.9 Å². The number of anilines is 1. The fraction of sp³-hybridized carbons (Fsp3) is 0.0870. The molecule has 138 valence electrons. The second-order valence-electron chi connectivity index (χ2n) is 6.73. The molecule has 0 fully saturated rings. The number of aromatic nitrogens is 2. The van der Waals surface area contributed by atoms with Crippen molar-refractivity contribution in [1.29, 1.82) is 0 Å². The Labute approximate surface area is 171 Å². The van der Waals surface area contributed by atoms with Crippen LogP contribution in [0.15, 0.2) is 71.5 Å². The van der Waals surface area contributed by atoms with Crippen molar-refractivity contribution >= 4 is 38.4 Å². The zero-order valence-electron chi connectivity index (χ0n) is 15.5. The van der Waals surface area contributed by atoms with Crippen molar-refractivity contribution in [2.75, 3.05) is 5.32 Å². The number of nitrogens with one attached hydrogen (secondary N) is 1. The Balaban J connectivity index is 1.87. The summed E-state index contributed by atoms with van der Waals surface area (Å²) in [7, 11) is 0. The number of aryl methyl sites for hydroxylation is 2. The van der Waals surface area contributed by atoms with Crippen LogP contribution in [0.25, 0.3) is 22.2 Å². The van der Waals surface area contributed by atoms with Gasteiger partial charge in [0.25, 0.3) is 5.91 Å². The first-order valence-corrected chi connectivity index (χ1v) is 9.70. The molecule has 0 radical (unpaired) electrons. The van der Waals surface area contributed by atoms with Gasteiger partial charge in [-0.15, -0.1) is 0 Å². The molecule has 4 rings (SSSR count). The molecule has 0 spiro atoms.